The Balaban J connectivity index is 1.49. The standard InChI is InChI=1S/C30H23F6N5O3/c31-17-8-16(9-18(32)11-17)24(13-25-20(2-1-7-38-25)15-3-5-23(33)21(10-15)29(37)44)39-27(43)14-41-26-6-4-19(42)12-22(26)28(40-41)30(34,35)36/h1-3,5,7-11,24H,4,6,12-14H2,(H2,37,44)(H,39,43). The van der Waals surface area contributed by atoms with Crippen LogP contribution in [0.5, 0.6) is 0 Å². The molecule has 1 unspecified atom stereocenters. The van der Waals surface area contributed by atoms with E-state index in [1.807, 2.05) is 0 Å². The Labute approximate surface area is 245 Å². The van der Waals surface area contributed by atoms with Crippen molar-refractivity contribution in [1.29, 1.82) is 0 Å². The lowest BCUT2D eigenvalue weighted by atomic mass is 9.94. The Morgan fingerprint density at radius 2 is 1.75 bits per heavy atom. The van der Waals surface area contributed by atoms with Gasteiger partial charge in [-0.2, -0.15) is 18.3 Å². The molecule has 4 aromatic rings. The van der Waals surface area contributed by atoms with Crippen LogP contribution in [0.4, 0.5) is 26.3 Å². The first-order chi connectivity index (χ1) is 20.8. The molecule has 8 nitrogen and oxygen atoms in total. The van der Waals surface area contributed by atoms with Crippen LogP contribution in [0.3, 0.4) is 0 Å². The van der Waals surface area contributed by atoms with Crippen LogP contribution in [-0.2, 0) is 41.6 Å². The van der Waals surface area contributed by atoms with Crippen molar-refractivity contribution in [2.45, 2.75) is 44.4 Å². The molecule has 2 aromatic heterocycles. The van der Waals surface area contributed by atoms with Crippen LogP contribution in [0.2, 0.25) is 0 Å². The quantitative estimate of drug-likeness (QED) is 0.280. The fourth-order valence-electron chi connectivity index (χ4n) is 5.24. The highest BCUT2D eigenvalue weighted by Gasteiger charge is 2.41. The lowest BCUT2D eigenvalue weighted by molar-refractivity contribution is -0.142. The average molecular weight is 616 g/mol. The molecule has 0 spiro atoms. The van der Waals surface area contributed by atoms with Crippen molar-refractivity contribution in [2.75, 3.05) is 0 Å². The Morgan fingerprint density at radius 3 is 2.43 bits per heavy atom. The maximum absolute atomic E-state index is 14.3. The molecule has 0 fully saturated rings. The lowest BCUT2D eigenvalue weighted by Crippen LogP contribution is -2.34. The fourth-order valence-corrected chi connectivity index (χ4v) is 5.24. The second-order valence-electron chi connectivity index (χ2n) is 10.2. The predicted molar refractivity (Wildman–Crippen MR) is 143 cm³/mol. The van der Waals surface area contributed by atoms with E-state index in [0.29, 0.717) is 17.2 Å². The molecule has 2 aromatic carbocycles. The number of rotatable bonds is 8. The molecule has 0 saturated heterocycles. The van der Waals surface area contributed by atoms with E-state index in [1.54, 1.807) is 12.1 Å². The summed E-state index contributed by atoms with van der Waals surface area (Å²) in [7, 11) is 0. The number of benzene rings is 2. The van der Waals surface area contributed by atoms with Gasteiger partial charge in [-0.05, 0) is 47.9 Å². The molecular weight excluding hydrogens is 592 g/mol. The molecule has 1 aliphatic carbocycles. The Hall–Kier alpha value is -5.01. The smallest absolute Gasteiger partial charge is 0.366 e. The molecular formula is C30H23F6N5O3. The third-order valence-electron chi connectivity index (χ3n) is 7.20. The monoisotopic (exact) mass is 615 g/mol. The largest absolute Gasteiger partial charge is 0.435 e. The molecule has 14 heteroatoms. The van der Waals surface area contributed by atoms with Gasteiger partial charge in [0.25, 0.3) is 5.91 Å². The van der Waals surface area contributed by atoms with Gasteiger partial charge in [-0.25, -0.2) is 13.2 Å². The number of alkyl halides is 3. The van der Waals surface area contributed by atoms with Gasteiger partial charge in [-0.15, -0.1) is 0 Å². The van der Waals surface area contributed by atoms with Gasteiger partial charge in [0.1, 0.15) is 29.8 Å². The van der Waals surface area contributed by atoms with E-state index in [1.165, 1.54) is 18.3 Å². The summed E-state index contributed by atoms with van der Waals surface area (Å²) >= 11 is 0. The van der Waals surface area contributed by atoms with Crippen molar-refractivity contribution in [1.82, 2.24) is 20.1 Å². The zero-order valence-electron chi connectivity index (χ0n) is 22.7. The number of nitrogens with one attached hydrogen (secondary N) is 1. The SMILES string of the molecule is NC(=O)c1cc(-c2cccnc2CC(NC(=O)Cn2nc(C(F)(F)F)c3c2CCC(=O)C3)c2cc(F)cc(F)c2)ccc1F. The fraction of sp³-hybridized carbons (Fsp3) is 0.233. The van der Waals surface area contributed by atoms with E-state index < -0.39 is 60.1 Å². The number of nitrogens with two attached hydrogens (primary N) is 1. The number of amides is 2. The van der Waals surface area contributed by atoms with Gasteiger partial charge >= 0.3 is 6.18 Å². The Kier molecular flexibility index (Phi) is 8.26. The number of pyridine rings is 1. The van der Waals surface area contributed by atoms with Crippen LogP contribution in [0.1, 0.15) is 51.0 Å². The van der Waals surface area contributed by atoms with Crippen LogP contribution < -0.4 is 11.1 Å². The summed E-state index contributed by atoms with van der Waals surface area (Å²) in [5, 5.41) is 6.20. The van der Waals surface area contributed by atoms with Crippen LogP contribution >= 0.6 is 0 Å². The Morgan fingerprint density at radius 1 is 1.02 bits per heavy atom. The summed E-state index contributed by atoms with van der Waals surface area (Å²) in [4.78, 5) is 41.2. The molecule has 0 saturated carbocycles. The number of fused-ring (bicyclic) bond motifs is 1. The number of carbonyl (C=O) groups is 3. The molecule has 2 heterocycles. The van der Waals surface area contributed by atoms with Crippen molar-refractivity contribution in [3.05, 3.63) is 106 Å². The zero-order chi connectivity index (χ0) is 31.8. The van der Waals surface area contributed by atoms with Crippen LogP contribution in [0.25, 0.3) is 11.1 Å². The second kappa shape index (κ2) is 11.9. The molecule has 228 valence electrons. The minimum absolute atomic E-state index is 0.00606. The van der Waals surface area contributed by atoms with E-state index in [9.17, 15) is 40.7 Å². The van der Waals surface area contributed by atoms with E-state index in [4.69, 9.17) is 5.73 Å². The van der Waals surface area contributed by atoms with Gasteiger partial charge in [-0.1, -0.05) is 12.1 Å². The summed E-state index contributed by atoms with van der Waals surface area (Å²) < 4.78 is 84.5. The zero-order valence-corrected chi connectivity index (χ0v) is 22.7. The average Bonchev–Trinajstić information content (AvgIpc) is 3.30. The Bertz CT molecular complexity index is 1770. The molecule has 2 amide bonds. The third kappa shape index (κ3) is 6.48. The lowest BCUT2D eigenvalue weighted by Gasteiger charge is -2.21. The first kappa shape index (κ1) is 30.4. The number of ketones is 1. The van der Waals surface area contributed by atoms with Gasteiger partial charge in [0, 0.05) is 48.3 Å². The number of halogens is 6. The van der Waals surface area contributed by atoms with E-state index >= 15 is 0 Å². The van der Waals surface area contributed by atoms with Crippen molar-refractivity contribution in [3.63, 3.8) is 0 Å². The third-order valence-corrected chi connectivity index (χ3v) is 7.20. The number of nitrogens with zero attached hydrogens (tertiary/aromatic N) is 3. The van der Waals surface area contributed by atoms with Gasteiger partial charge in [0.05, 0.1) is 17.3 Å². The minimum Gasteiger partial charge on any atom is -0.366 e. The minimum atomic E-state index is -4.85. The molecule has 5 rings (SSSR count). The number of aromatic nitrogens is 3. The van der Waals surface area contributed by atoms with Gasteiger partial charge in [0.2, 0.25) is 5.91 Å². The summed E-state index contributed by atoms with van der Waals surface area (Å²) in [6, 6.07) is 8.26. The van der Waals surface area contributed by atoms with Gasteiger partial charge < -0.3 is 11.1 Å². The summed E-state index contributed by atoms with van der Waals surface area (Å²) in [6.45, 7) is -0.671. The van der Waals surface area contributed by atoms with Gasteiger partial charge in [-0.3, -0.25) is 24.0 Å². The van der Waals surface area contributed by atoms with Gasteiger partial charge in [0.15, 0.2) is 5.69 Å². The number of carbonyl (C=O) groups excluding carboxylic acids is 3. The van der Waals surface area contributed by atoms with E-state index in [2.05, 4.69) is 15.4 Å². The summed E-state index contributed by atoms with van der Waals surface area (Å²) in [5.41, 5.74) is 4.49. The van der Waals surface area contributed by atoms with E-state index in [-0.39, 0.29) is 53.1 Å². The van der Waals surface area contributed by atoms with Crippen molar-refractivity contribution >= 4 is 17.6 Å². The molecule has 0 bridgehead atoms. The normalized spacial score (nSPS) is 13.8. The van der Waals surface area contributed by atoms with Crippen LogP contribution in [-0.4, -0.2) is 32.4 Å². The molecule has 1 atom stereocenters. The maximum atomic E-state index is 14.3. The highest BCUT2D eigenvalue weighted by Crippen LogP contribution is 2.35. The number of primary amides is 1. The first-order valence-corrected chi connectivity index (χ1v) is 13.3. The number of hydrogen-bond donors (Lipinski definition) is 2. The molecule has 44 heavy (non-hydrogen) atoms. The highest BCUT2D eigenvalue weighted by atomic mass is 19.4. The molecule has 0 aliphatic heterocycles. The molecule has 1 aliphatic rings. The summed E-state index contributed by atoms with van der Waals surface area (Å²) in [5.74, 6) is -4.93. The van der Waals surface area contributed by atoms with Crippen LogP contribution in [0, 0.1) is 17.5 Å². The van der Waals surface area contributed by atoms with Crippen molar-refractivity contribution in [3.8, 4) is 11.1 Å². The van der Waals surface area contributed by atoms with Crippen LogP contribution in [0.15, 0.2) is 54.7 Å². The maximum Gasteiger partial charge on any atom is 0.435 e. The first-order valence-electron chi connectivity index (χ1n) is 13.3. The highest BCUT2D eigenvalue weighted by molar-refractivity contribution is 5.94. The van der Waals surface area contributed by atoms with Crippen molar-refractivity contribution in [2.24, 2.45) is 5.73 Å². The molecule has 0 radical (unpaired) electrons. The number of hydrogen-bond acceptors (Lipinski definition) is 5. The van der Waals surface area contributed by atoms with E-state index in [0.717, 1.165) is 22.9 Å². The number of Topliss-reactive ketones (excluding diaryl/α,β-unsaturated/α-hetero) is 1. The van der Waals surface area contributed by atoms with Crippen molar-refractivity contribution < 1.29 is 40.7 Å². The second-order valence-corrected chi connectivity index (χ2v) is 10.2. The topological polar surface area (TPSA) is 120 Å². The predicted octanol–water partition coefficient (Wildman–Crippen LogP) is 4.64. The summed E-state index contributed by atoms with van der Waals surface area (Å²) in [6.07, 6.45) is -4.11. The molecule has 3 N–H and O–H groups in total.